The Morgan fingerprint density at radius 3 is 2.59 bits per heavy atom. The minimum Gasteiger partial charge on any atom is -0.367 e. The van der Waals surface area contributed by atoms with Crippen molar-refractivity contribution in [2.24, 2.45) is 0 Å². The molecule has 0 saturated heterocycles. The second-order valence-corrected chi connectivity index (χ2v) is 11.5. The number of nitrogens with zero attached hydrogens (tertiary/aromatic N) is 5. The molecule has 2 unspecified atom stereocenters. The van der Waals surface area contributed by atoms with Gasteiger partial charge < -0.3 is 14.6 Å². The van der Waals surface area contributed by atoms with Gasteiger partial charge in [-0.05, 0) is 43.0 Å². The van der Waals surface area contributed by atoms with E-state index in [1.807, 2.05) is 18.0 Å². The molecule has 5 heterocycles. The van der Waals surface area contributed by atoms with Gasteiger partial charge in [0.1, 0.15) is 5.60 Å². The Labute approximate surface area is 240 Å². The first-order valence-corrected chi connectivity index (χ1v) is 13.9. The number of alkyl halides is 3. The van der Waals surface area contributed by atoms with E-state index in [-0.39, 0.29) is 5.95 Å². The van der Waals surface area contributed by atoms with E-state index in [9.17, 15) is 13.2 Å². The van der Waals surface area contributed by atoms with Gasteiger partial charge in [0.2, 0.25) is 5.95 Å². The monoisotopic (exact) mass is 580 g/mol. The van der Waals surface area contributed by atoms with Crippen molar-refractivity contribution in [3.05, 3.63) is 92.8 Å². The van der Waals surface area contributed by atoms with E-state index in [2.05, 4.69) is 57.7 Å². The highest BCUT2D eigenvalue weighted by Gasteiger charge is 2.55. The van der Waals surface area contributed by atoms with Crippen LogP contribution in [0.2, 0.25) is 0 Å². The van der Waals surface area contributed by atoms with Crippen molar-refractivity contribution >= 4 is 23.1 Å². The molecular formula is C30H28ClF3N6O. The summed E-state index contributed by atoms with van der Waals surface area (Å²) in [5, 5.41) is 5.79. The topological polar surface area (TPSA) is 71.9 Å². The summed E-state index contributed by atoms with van der Waals surface area (Å²) in [6, 6.07) is 8.35. The second kappa shape index (κ2) is 8.69. The molecule has 0 fully saturated rings. The number of para-hydroxylation sites is 1. The predicted octanol–water partition coefficient (Wildman–Crippen LogP) is 6.28. The molecule has 7 nitrogen and oxygen atoms in total. The van der Waals surface area contributed by atoms with Gasteiger partial charge in [-0.3, -0.25) is 0 Å². The summed E-state index contributed by atoms with van der Waals surface area (Å²) in [5.74, 6) is 0.256. The van der Waals surface area contributed by atoms with Crippen LogP contribution in [0, 0.1) is 0 Å². The zero-order valence-electron chi connectivity index (χ0n) is 23.0. The van der Waals surface area contributed by atoms with Crippen molar-refractivity contribution in [3.63, 3.8) is 0 Å². The van der Waals surface area contributed by atoms with E-state index < -0.39 is 22.8 Å². The summed E-state index contributed by atoms with van der Waals surface area (Å²) >= 11 is 7.37. The highest BCUT2D eigenvalue weighted by molar-refractivity contribution is 6.35. The van der Waals surface area contributed by atoms with Crippen molar-refractivity contribution in [2.45, 2.75) is 57.3 Å². The SMILES string of the molecule is CCc1cccc2c1-n1nc3c(c1C1(C)C2=C(Cl)C(C)(OC)c2[nH]ccc21)CN(c1ncc(C(F)(F)F)cn1)CC3. The summed E-state index contributed by atoms with van der Waals surface area (Å²) in [5.41, 5.74) is 6.57. The van der Waals surface area contributed by atoms with Gasteiger partial charge in [0.05, 0.1) is 38.8 Å². The van der Waals surface area contributed by atoms with Crippen LogP contribution in [0.15, 0.2) is 47.9 Å². The quantitative estimate of drug-likeness (QED) is 0.309. The smallest absolute Gasteiger partial charge is 0.367 e. The Bertz CT molecular complexity index is 1740. The molecule has 0 bridgehead atoms. The summed E-state index contributed by atoms with van der Waals surface area (Å²) in [4.78, 5) is 13.5. The van der Waals surface area contributed by atoms with Crippen LogP contribution in [-0.2, 0) is 41.3 Å². The van der Waals surface area contributed by atoms with Crippen molar-refractivity contribution in [2.75, 3.05) is 18.6 Å². The number of allylic oxidation sites excluding steroid dienone is 1. The average Bonchev–Trinajstić information content (AvgIpc) is 3.62. The zero-order valence-corrected chi connectivity index (χ0v) is 23.8. The molecular weight excluding hydrogens is 553 g/mol. The number of benzene rings is 1. The Kier molecular flexibility index (Phi) is 5.57. The van der Waals surface area contributed by atoms with Crippen LogP contribution in [0.25, 0.3) is 11.3 Å². The molecule has 11 heteroatoms. The number of H-pyrrole nitrogens is 1. The third-order valence-corrected chi connectivity index (χ3v) is 9.60. The number of methoxy groups -OCH3 is 1. The lowest BCUT2D eigenvalue weighted by atomic mass is 9.62. The lowest BCUT2D eigenvalue weighted by molar-refractivity contribution is -0.138. The minimum absolute atomic E-state index is 0.256. The number of hydrogen-bond acceptors (Lipinski definition) is 5. The molecule has 212 valence electrons. The first-order valence-electron chi connectivity index (χ1n) is 13.6. The van der Waals surface area contributed by atoms with Gasteiger partial charge in [0.25, 0.3) is 0 Å². The molecule has 4 aromatic rings. The summed E-state index contributed by atoms with van der Waals surface area (Å²) in [7, 11) is 1.66. The van der Waals surface area contributed by atoms with Gasteiger partial charge in [-0.25, -0.2) is 14.6 Å². The molecule has 1 aromatic carbocycles. The summed E-state index contributed by atoms with van der Waals surface area (Å²) < 4.78 is 47.7. The number of aryl methyl sites for hydroxylation is 1. The highest BCUT2D eigenvalue weighted by atomic mass is 35.5. The normalized spacial score (nSPS) is 23.1. The van der Waals surface area contributed by atoms with E-state index >= 15 is 0 Å². The van der Waals surface area contributed by atoms with Crippen molar-refractivity contribution < 1.29 is 17.9 Å². The van der Waals surface area contributed by atoms with Crippen LogP contribution >= 0.6 is 11.6 Å². The fraction of sp³-hybridized carbons (Fsp3) is 0.367. The first kappa shape index (κ1) is 26.3. The first-order chi connectivity index (χ1) is 19.5. The van der Waals surface area contributed by atoms with Gasteiger partial charge in [-0.15, -0.1) is 0 Å². The van der Waals surface area contributed by atoms with Crippen LogP contribution in [-0.4, -0.2) is 38.4 Å². The van der Waals surface area contributed by atoms with Crippen LogP contribution in [0.5, 0.6) is 0 Å². The standard InChI is InChI=1S/C30H28ClF3N6O/c1-5-16-7-6-8-18-22-24(31)29(3,41-4)25-20(9-11-35-25)28(22,2)26-19-15-39(12-10-21(19)38-40(26)23(16)18)27-36-13-17(14-37-27)30(32,33)34/h6-9,11,13-14,35H,5,10,12,15H2,1-4H3. The Hall–Kier alpha value is -3.63. The van der Waals surface area contributed by atoms with E-state index in [1.54, 1.807) is 7.11 Å². The van der Waals surface area contributed by atoms with Crippen molar-refractivity contribution in [1.29, 1.82) is 0 Å². The Morgan fingerprint density at radius 1 is 1.15 bits per heavy atom. The molecule has 0 saturated carbocycles. The molecule has 0 radical (unpaired) electrons. The fourth-order valence-corrected chi connectivity index (χ4v) is 7.35. The predicted molar refractivity (Wildman–Crippen MR) is 149 cm³/mol. The van der Waals surface area contributed by atoms with Gasteiger partial charge in [-0.2, -0.15) is 18.3 Å². The Balaban J connectivity index is 1.47. The number of ether oxygens (including phenoxy) is 1. The molecule has 7 rings (SSSR count). The summed E-state index contributed by atoms with van der Waals surface area (Å²) in [6.45, 7) is 7.22. The van der Waals surface area contributed by atoms with Crippen LogP contribution in [0.4, 0.5) is 19.1 Å². The molecule has 0 spiro atoms. The van der Waals surface area contributed by atoms with E-state index in [0.29, 0.717) is 24.5 Å². The third kappa shape index (κ3) is 3.40. The van der Waals surface area contributed by atoms with E-state index in [0.717, 1.165) is 69.4 Å². The summed E-state index contributed by atoms with van der Waals surface area (Å²) in [6.07, 6.45) is 0.504. The number of fused-ring (bicyclic) bond motifs is 10. The maximum atomic E-state index is 13.2. The number of hydrogen-bond donors (Lipinski definition) is 1. The van der Waals surface area contributed by atoms with Gasteiger partial charge in [-0.1, -0.05) is 36.7 Å². The Morgan fingerprint density at radius 2 is 1.90 bits per heavy atom. The maximum Gasteiger partial charge on any atom is 0.419 e. The lowest BCUT2D eigenvalue weighted by Gasteiger charge is -2.47. The largest absolute Gasteiger partial charge is 0.419 e. The molecule has 2 aliphatic heterocycles. The van der Waals surface area contributed by atoms with Gasteiger partial charge >= 0.3 is 6.18 Å². The molecule has 41 heavy (non-hydrogen) atoms. The maximum absolute atomic E-state index is 13.2. The van der Waals surface area contributed by atoms with E-state index in [4.69, 9.17) is 21.4 Å². The molecule has 1 N–H and O–H groups in total. The van der Waals surface area contributed by atoms with Gasteiger partial charge in [0, 0.05) is 56.3 Å². The second-order valence-electron chi connectivity index (χ2n) is 11.1. The number of aromatic nitrogens is 5. The van der Waals surface area contributed by atoms with E-state index in [1.165, 1.54) is 0 Å². The average molecular weight is 581 g/mol. The number of nitrogens with one attached hydrogen (secondary N) is 1. The number of aromatic amines is 1. The molecule has 3 aliphatic rings. The number of anilines is 1. The lowest BCUT2D eigenvalue weighted by Crippen LogP contribution is -2.44. The van der Waals surface area contributed by atoms with Crippen molar-refractivity contribution in [1.82, 2.24) is 24.7 Å². The highest BCUT2D eigenvalue weighted by Crippen LogP contribution is 2.61. The van der Waals surface area contributed by atoms with Crippen LogP contribution in [0.1, 0.15) is 65.7 Å². The molecule has 1 aliphatic carbocycles. The molecule has 3 aromatic heterocycles. The molecule has 0 amide bonds. The number of halogens is 4. The minimum atomic E-state index is -4.49. The van der Waals surface area contributed by atoms with Crippen molar-refractivity contribution in [3.8, 4) is 5.69 Å². The number of rotatable bonds is 3. The van der Waals surface area contributed by atoms with Crippen LogP contribution < -0.4 is 4.90 Å². The zero-order chi connectivity index (χ0) is 28.9. The fourth-order valence-electron chi connectivity index (χ4n) is 6.89. The van der Waals surface area contributed by atoms with Crippen LogP contribution in [0.3, 0.4) is 0 Å². The molecule has 2 atom stereocenters. The van der Waals surface area contributed by atoms with Gasteiger partial charge in [0.15, 0.2) is 0 Å². The third-order valence-electron chi connectivity index (χ3n) is 9.05.